The molecule has 0 N–H and O–H groups in total. The molecule has 0 aliphatic heterocycles. The summed E-state index contributed by atoms with van der Waals surface area (Å²) in [6, 6.07) is 14.5. The fourth-order valence-corrected chi connectivity index (χ4v) is 1.53. The largest absolute Gasteiger partial charge is 0.741 e. The van der Waals surface area contributed by atoms with Crippen molar-refractivity contribution < 1.29 is 125 Å². The van der Waals surface area contributed by atoms with Crippen LogP contribution >= 0.6 is 0 Å². The topological polar surface area (TPSA) is 242 Å². The minimum absolute atomic E-state index is 0. The van der Waals surface area contributed by atoms with Crippen molar-refractivity contribution in [1.29, 1.82) is 0 Å². The zero-order chi connectivity index (χ0) is 38.7. The van der Waals surface area contributed by atoms with E-state index in [1.54, 1.807) is 0 Å². The average Bonchev–Trinajstić information content (AvgIpc) is 2.81. The number of halogens is 12. The Morgan fingerprint density at radius 1 is 0.521 bits per heavy atom. The van der Waals surface area contributed by atoms with Crippen LogP contribution in [-0.2, 0) is 60.6 Å². The van der Waals surface area contributed by atoms with Crippen LogP contribution in [0.3, 0.4) is 0 Å². The Balaban J connectivity index is -0.000000261. The zero-order valence-electron chi connectivity index (χ0n) is 22.5. The van der Waals surface area contributed by atoms with E-state index in [4.69, 9.17) is 51.9 Å². The number of hydrogen-bond donors (Lipinski definition) is 0. The van der Waals surface area contributed by atoms with Gasteiger partial charge in [0.2, 0.25) is 0 Å². The summed E-state index contributed by atoms with van der Waals surface area (Å²) in [6.45, 7) is 4.36. The Labute approximate surface area is 276 Å². The molecule has 13 nitrogen and oxygen atoms in total. The first-order chi connectivity index (χ1) is 20.3. The van der Waals surface area contributed by atoms with Crippen LogP contribution < -0.4 is 0 Å². The molecule has 0 aliphatic carbocycles. The molecule has 2 rings (SSSR count). The molecule has 0 atom stereocenters. The molecule has 30 heteroatoms. The van der Waals surface area contributed by atoms with Gasteiger partial charge in [-0.3, -0.25) is 4.98 Å². The monoisotopic (exact) mass is 986 g/mol. The van der Waals surface area contributed by atoms with E-state index in [0.29, 0.717) is 5.92 Å². The van der Waals surface area contributed by atoms with Gasteiger partial charge in [-0.15, -0.1) is 0 Å². The quantitative estimate of drug-likeness (QED) is 0.234. The van der Waals surface area contributed by atoms with E-state index >= 15 is 0 Å². The van der Waals surface area contributed by atoms with Crippen LogP contribution in [0.5, 0.6) is 0 Å². The van der Waals surface area contributed by atoms with Gasteiger partial charge in [-0.25, -0.2) is 33.7 Å². The van der Waals surface area contributed by atoms with E-state index in [9.17, 15) is 52.7 Å². The second-order valence-electron chi connectivity index (χ2n) is 7.60. The number of nitrogens with zero attached hydrogens (tertiary/aromatic N) is 1. The molecular formula is C18H15F12IrNO12S4-4. The van der Waals surface area contributed by atoms with Crippen LogP contribution in [0.4, 0.5) is 52.7 Å². The van der Waals surface area contributed by atoms with Crippen molar-refractivity contribution in [2.75, 3.05) is 0 Å². The molecule has 0 fully saturated rings. The molecule has 48 heavy (non-hydrogen) atoms. The smallest absolute Gasteiger partial charge is 0.485 e. The minimum atomic E-state index is -6.09. The first-order valence-corrected chi connectivity index (χ1v) is 16.0. The third-order valence-electron chi connectivity index (χ3n) is 3.66. The van der Waals surface area contributed by atoms with E-state index < -0.39 is 62.5 Å². The number of rotatable bonds is 2. The average molecular weight is 986 g/mol. The molecule has 1 aromatic carbocycles. The molecule has 1 radical (unpaired) electrons. The summed E-state index contributed by atoms with van der Waals surface area (Å²) in [5, 5.41) is 0. The Morgan fingerprint density at radius 3 is 0.938 bits per heavy atom. The van der Waals surface area contributed by atoms with Crippen molar-refractivity contribution in [3.05, 3.63) is 54.2 Å². The summed E-state index contributed by atoms with van der Waals surface area (Å²) < 4.78 is 236. The number of hydrogen-bond acceptors (Lipinski definition) is 13. The van der Waals surface area contributed by atoms with E-state index in [-0.39, 0.29) is 20.1 Å². The molecule has 0 saturated carbocycles. The predicted octanol–water partition coefficient (Wildman–Crippen LogP) is 4.08. The maximum absolute atomic E-state index is 10.7. The van der Waals surface area contributed by atoms with Crippen LogP contribution in [0.2, 0.25) is 0 Å². The number of alkyl halides is 12. The van der Waals surface area contributed by atoms with Gasteiger partial charge in [-0.1, -0.05) is 50.2 Å². The molecule has 0 unspecified atom stereocenters. The van der Waals surface area contributed by atoms with Crippen LogP contribution in [-0.4, -0.2) is 78.9 Å². The van der Waals surface area contributed by atoms with Gasteiger partial charge >= 0.3 is 22.0 Å². The van der Waals surface area contributed by atoms with E-state index in [2.05, 4.69) is 43.1 Å². The third kappa shape index (κ3) is 22.5. The number of pyridine rings is 1. The van der Waals surface area contributed by atoms with Crippen molar-refractivity contribution in [3.63, 3.8) is 0 Å². The first-order valence-electron chi connectivity index (χ1n) is 10.4. The molecule has 2 aromatic rings. The Kier molecular flexibility index (Phi) is 21.1. The van der Waals surface area contributed by atoms with Crippen molar-refractivity contribution in [2.24, 2.45) is 0 Å². The van der Waals surface area contributed by atoms with Gasteiger partial charge in [0.25, 0.3) is 0 Å². The maximum Gasteiger partial charge on any atom is 0.485 e. The molecule has 285 valence electrons. The molecule has 0 bridgehead atoms. The molecule has 0 aliphatic rings. The van der Waals surface area contributed by atoms with E-state index in [1.165, 1.54) is 11.1 Å². The Hall–Kier alpha value is -2.18. The summed E-state index contributed by atoms with van der Waals surface area (Å²) in [4.78, 5) is 4.47. The number of benzene rings is 1. The van der Waals surface area contributed by atoms with Gasteiger partial charge < -0.3 is 18.2 Å². The summed E-state index contributed by atoms with van der Waals surface area (Å²) in [5.41, 5.74) is -19.1. The van der Waals surface area contributed by atoms with Crippen molar-refractivity contribution in [2.45, 2.75) is 41.8 Å². The predicted molar refractivity (Wildman–Crippen MR) is 127 cm³/mol. The normalized spacial score (nSPS) is 12.6. The molecule has 1 aromatic heterocycles. The number of aromatic nitrogens is 1. The van der Waals surface area contributed by atoms with Crippen molar-refractivity contribution >= 4 is 40.5 Å². The van der Waals surface area contributed by atoms with Gasteiger partial charge in [0.15, 0.2) is 40.5 Å². The zero-order valence-corrected chi connectivity index (χ0v) is 28.2. The van der Waals surface area contributed by atoms with E-state index in [0.717, 1.165) is 5.69 Å². The van der Waals surface area contributed by atoms with Gasteiger partial charge in [-0.05, 0) is 17.5 Å². The fraction of sp³-hybridized carbons (Fsp3) is 0.389. The Morgan fingerprint density at radius 2 is 0.771 bits per heavy atom. The van der Waals surface area contributed by atoms with Gasteiger partial charge in [-0.2, -0.15) is 52.7 Å². The van der Waals surface area contributed by atoms with Gasteiger partial charge in [0, 0.05) is 31.9 Å². The molecular weight excluding hydrogens is 971 g/mol. The molecule has 0 saturated heterocycles. The van der Waals surface area contributed by atoms with E-state index in [1.807, 2.05) is 24.4 Å². The van der Waals surface area contributed by atoms with Crippen LogP contribution in [0, 0.1) is 0 Å². The van der Waals surface area contributed by atoms with Crippen LogP contribution in [0.1, 0.15) is 25.3 Å². The third-order valence-corrected chi connectivity index (χ3v) is 5.92. The molecule has 0 amide bonds. The summed E-state index contributed by atoms with van der Waals surface area (Å²) in [6.07, 6.45) is 1.97. The van der Waals surface area contributed by atoms with Gasteiger partial charge in [0.1, 0.15) is 0 Å². The Bertz CT molecular complexity index is 1510. The minimum Gasteiger partial charge on any atom is -0.741 e. The van der Waals surface area contributed by atoms with Crippen molar-refractivity contribution in [3.8, 4) is 11.3 Å². The van der Waals surface area contributed by atoms with Crippen molar-refractivity contribution in [1.82, 2.24) is 4.98 Å². The SMILES string of the molecule is CC(C)c1ccc(-c2ccccc2)nc1.O=S(=O)([O-])C(F)(F)F.O=S(=O)([O-])C(F)(F)F.O=S(=O)([O-])C(F)(F)F.O=S(=O)([O-])C(F)(F)F.[Ir]. The summed E-state index contributed by atoms with van der Waals surface area (Å²) in [7, 11) is -24.4. The standard InChI is InChI=1S/C14H15N.4CHF3O3S.Ir/c1-11(2)13-8-9-14(15-10-13)12-6-4-3-5-7-12;4*2-1(3,4)8(5,6)7;/h3-11H,1-2H3;4*(H,5,6,7);/p-4. The second-order valence-corrected chi connectivity index (χ2v) is 13.1. The van der Waals surface area contributed by atoms with Crippen LogP contribution in [0.25, 0.3) is 11.3 Å². The first kappa shape index (κ1) is 52.6. The fourth-order valence-electron chi connectivity index (χ4n) is 1.53. The van der Waals surface area contributed by atoms with Crippen LogP contribution in [0.15, 0.2) is 48.7 Å². The maximum atomic E-state index is 10.7. The molecule has 0 spiro atoms. The molecule has 1 heterocycles. The second kappa shape index (κ2) is 19.3. The summed E-state index contributed by atoms with van der Waals surface area (Å²) in [5.74, 6) is 0.544. The summed E-state index contributed by atoms with van der Waals surface area (Å²) >= 11 is 0. The van der Waals surface area contributed by atoms with Gasteiger partial charge in [0.05, 0.1) is 5.69 Å².